The van der Waals surface area contributed by atoms with Gasteiger partial charge in [0.2, 0.25) is 5.91 Å². The molecule has 88 valence electrons. The van der Waals surface area contributed by atoms with E-state index in [0.29, 0.717) is 6.54 Å². The van der Waals surface area contributed by atoms with Crippen LogP contribution in [0.3, 0.4) is 0 Å². The van der Waals surface area contributed by atoms with Crippen LogP contribution < -0.4 is 0 Å². The first-order chi connectivity index (χ1) is 7.50. The quantitative estimate of drug-likeness (QED) is 0.786. The van der Waals surface area contributed by atoms with Crippen LogP contribution in [-0.2, 0) is 16.1 Å². The number of nitrogens with zero attached hydrogens (tertiary/aromatic N) is 1. The molecule has 0 saturated carbocycles. The van der Waals surface area contributed by atoms with Crippen LogP contribution in [0, 0.1) is 5.92 Å². The molecule has 1 atom stereocenters. The van der Waals surface area contributed by atoms with Gasteiger partial charge in [-0.15, -0.1) is 0 Å². The number of carboxylic acids is 1. The highest BCUT2D eigenvalue weighted by Crippen LogP contribution is 2.09. The first kappa shape index (κ1) is 12.3. The van der Waals surface area contributed by atoms with Crippen LogP contribution in [0.2, 0.25) is 0 Å². The Morgan fingerprint density at radius 2 is 2.25 bits per heavy atom. The van der Waals surface area contributed by atoms with Gasteiger partial charge < -0.3 is 15.0 Å². The molecule has 0 saturated heterocycles. The Labute approximate surface area is 94.1 Å². The topological polar surface area (TPSA) is 73.4 Å². The van der Waals surface area contributed by atoms with Gasteiger partial charge in [0.1, 0.15) is 0 Å². The molecule has 2 N–H and O–H groups in total. The molecular formula is C11H16N2O3. The van der Waals surface area contributed by atoms with Crippen molar-refractivity contribution >= 4 is 11.9 Å². The van der Waals surface area contributed by atoms with Crippen LogP contribution in [0.25, 0.3) is 0 Å². The summed E-state index contributed by atoms with van der Waals surface area (Å²) in [4.78, 5) is 26.7. The molecule has 0 fully saturated rings. The van der Waals surface area contributed by atoms with Gasteiger partial charge >= 0.3 is 5.97 Å². The van der Waals surface area contributed by atoms with Crippen molar-refractivity contribution in [3.63, 3.8) is 0 Å². The molecule has 1 rings (SSSR count). The second-order valence-electron chi connectivity index (χ2n) is 3.91. The third-order valence-corrected chi connectivity index (χ3v) is 2.36. The predicted octanol–water partition coefficient (Wildman–Crippen LogP) is 1.08. The number of aliphatic carboxylic acids is 1. The summed E-state index contributed by atoms with van der Waals surface area (Å²) in [5.41, 5.74) is 0.998. The first-order valence-corrected chi connectivity index (χ1v) is 5.09. The fourth-order valence-electron chi connectivity index (χ4n) is 1.53. The molecular weight excluding hydrogens is 208 g/mol. The van der Waals surface area contributed by atoms with Gasteiger partial charge in [-0.25, -0.2) is 0 Å². The van der Waals surface area contributed by atoms with Crippen molar-refractivity contribution in [1.29, 1.82) is 0 Å². The maximum absolute atomic E-state index is 11.8. The Bertz CT molecular complexity index is 359. The van der Waals surface area contributed by atoms with Gasteiger partial charge in [-0.1, -0.05) is 6.92 Å². The SMILES string of the molecule is CC(CC(=O)O)C(=O)N(C)Cc1cc[nH]c1. The van der Waals surface area contributed by atoms with E-state index < -0.39 is 11.9 Å². The van der Waals surface area contributed by atoms with Gasteiger partial charge in [0.25, 0.3) is 0 Å². The predicted molar refractivity (Wildman–Crippen MR) is 58.7 cm³/mol. The van der Waals surface area contributed by atoms with E-state index in [1.807, 2.05) is 12.3 Å². The molecule has 0 aliphatic carbocycles. The van der Waals surface area contributed by atoms with Crippen molar-refractivity contribution in [3.05, 3.63) is 24.0 Å². The average Bonchev–Trinajstić information content (AvgIpc) is 2.68. The monoisotopic (exact) mass is 224 g/mol. The van der Waals surface area contributed by atoms with E-state index in [9.17, 15) is 9.59 Å². The Balaban J connectivity index is 2.50. The molecule has 0 bridgehead atoms. The highest BCUT2D eigenvalue weighted by atomic mass is 16.4. The summed E-state index contributed by atoms with van der Waals surface area (Å²) < 4.78 is 0. The maximum Gasteiger partial charge on any atom is 0.304 e. The molecule has 0 aliphatic heterocycles. The van der Waals surface area contributed by atoms with Gasteiger partial charge in [-0.3, -0.25) is 9.59 Å². The minimum absolute atomic E-state index is 0.129. The summed E-state index contributed by atoms with van der Waals surface area (Å²) >= 11 is 0. The third-order valence-electron chi connectivity index (χ3n) is 2.36. The van der Waals surface area contributed by atoms with Crippen LogP contribution in [0.5, 0.6) is 0 Å². The van der Waals surface area contributed by atoms with Crippen molar-refractivity contribution in [2.24, 2.45) is 5.92 Å². The summed E-state index contributed by atoms with van der Waals surface area (Å²) in [6.07, 6.45) is 3.47. The number of aromatic amines is 1. The highest BCUT2D eigenvalue weighted by Gasteiger charge is 2.20. The molecule has 0 aromatic carbocycles. The molecule has 5 heteroatoms. The lowest BCUT2D eigenvalue weighted by atomic mass is 10.1. The molecule has 0 aliphatic rings. The summed E-state index contributed by atoms with van der Waals surface area (Å²) in [6.45, 7) is 2.12. The molecule has 0 spiro atoms. The summed E-state index contributed by atoms with van der Waals surface area (Å²) in [5, 5.41) is 8.60. The number of rotatable bonds is 5. The van der Waals surface area contributed by atoms with Crippen molar-refractivity contribution in [2.45, 2.75) is 19.9 Å². The van der Waals surface area contributed by atoms with E-state index in [4.69, 9.17) is 5.11 Å². The van der Waals surface area contributed by atoms with Gasteiger partial charge in [0.15, 0.2) is 0 Å². The fraction of sp³-hybridized carbons (Fsp3) is 0.455. The van der Waals surface area contributed by atoms with Crippen LogP contribution in [0.1, 0.15) is 18.9 Å². The zero-order valence-electron chi connectivity index (χ0n) is 9.43. The Morgan fingerprint density at radius 1 is 1.56 bits per heavy atom. The van der Waals surface area contributed by atoms with Crippen LogP contribution in [0.15, 0.2) is 18.5 Å². The van der Waals surface area contributed by atoms with E-state index in [1.54, 1.807) is 20.2 Å². The molecule has 1 heterocycles. The van der Waals surface area contributed by atoms with Crippen LogP contribution >= 0.6 is 0 Å². The van der Waals surface area contributed by atoms with E-state index in [2.05, 4.69) is 4.98 Å². The molecule has 1 unspecified atom stereocenters. The number of carbonyl (C=O) groups excluding carboxylic acids is 1. The summed E-state index contributed by atoms with van der Waals surface area (Å²) in [7, 11) is 1.67. The van der Waals surface area contributed by atoms with Gasteiger partial charge in [0.05, 0.1) is 6.42 Å². The van der Waals surface area contributed by atoms with Gasteiger partial charge in [0, 0.05) is 31.9 Å². The molecule has 1 aromatic heterocycles. The molecule has 5 nitrogen and oxygen atoms in total. The van der Waals surface area contributed by atoms with E-state index in [0.717, 1.165) is 5.56 Å². The number of nitrogens with one attached hydrogen (secondary N) is 1. The standard InChI is InChI=1S/C11H16N2O3/c1-8(5-10(14)15)11(16)13(2)7-9-3-4-12-6-9/h3-4,6,8,12H,5,7H2,1-2H3,(H,14,15). The third kappa shape index (κ3) is 3.42. The zero-order valence-corrected chi connectivity index (χ0v) is 9.43. The minimum atomic E-state index is -0.948. The Hall–Kier alpha value is -1.78. The van der Waals surface area contributed by atoms with Crippen LogP contribution in [-0.4, -0.2) is 33.9 Å². The van der Waals surface area contributed by atoms with Crippen molar-refractivity contribution in [2.75, 3.05) is 7.05 Å². The number of carboxylic acid groups (broad SMARTS) is 1. The van der Waals surface area contributed by atoms with Gasteiger partial charge in [-0.2, -0.15) is 0 Å². The van der Waals surface area contributed by atoms with Crippen LogP contribution in [0.4, 0.5) is 0 Å². The van der Waals surface area contributed by atoms with Crippen molar-refractivity contribution in [1.82, 2.24) is 9.88 Å². The lowest BCUT2D eigenvalue weighted by Crippen LogP contribution is -2.32. The van der Waals surface area contributed by atoms with E-state index in [-0.39, 0.29) is 12.3 Å². The number of carbonyl (C=O) groups is 2. The van der Waals surface area contributed by atoms with E-state index in [1.165, 1.54) is 4.90 Å². The zero-order chi connectivity index (χ0) is 12.1. The lowest BCUT2D eigenvalue weighted by Gasteiger charge is -2.19. The number of hydrogen-bond acceptors (Lipinski definition) is 2. The summed E-state index contributed by atoms with van der Waals surface area (Å²) in [5.74, 6) is -1.58. The number of H-pyrrole nitrogens is 1. The minimum Gasteiger partial charge on any atom is -0.481 e. The molecule has 16 heavy (non-hydrogen) atoms. The Kier molecular flexibility index (Phi) is 4.10. The molecule has 1 amide bonds. The first-order valence-electron chi connectivity index (χ1n) is 5.09. The average molecular weight is 224 g/mol. The molecule has 1 aromatic rings. The number of aromatic nitrogens is 1. The van der Waals surface area contributed by atoms with Gasteiger partial charge in [-0.05, 0) is 11.6 Å². The van der Waals surface area contributed by atoms with Crippen molar-refractivity contribution in [3.8, 4) is 0 Å². The maximum atomic E-state index is 11.8. The largest absolute Gasteiger partial charge is 0.481 e. The van der Waals surface area contributed by atoms with E-state index >= 15 is 0 Å². The van der Waals surface area contributed by atoms with Crippen molar-refractivity contribution < 1.29 is 14.7 Å². The number of hydrogen-bond donors (Lipinski definition) is 2. The highest BCUT2D eigenvalue weighted by molar-refractivity contribution is 5.82. The second kappa shape index (κ2) is 5.34. The smallest absolute Gasteiger partial charge is 0.304 e. The molecule has 0 radical (unpaired) electrons. The fourth-order valence-corrected chi connectivity index (χ4v) is 1.53. The summed E-state index contributed by atoms with van der Waals surface area (Å²) in [6, 6.07) is 1.88. The Morgan fingerprint density at radius 3 is 2.75 bits per heavy atom. The lowest BCUT2D eigenvalue weighted by molar-refractivity contribution is -0.143. The second-order valence-corrected chi connectivity index (χ2v) is 3.91. The number of amides is 1. The normalized spacial score (nSPS) is 12.1.